The highest BCUT2D eigenvalue weighted by atomic mass is 16.5. The molecule has 0 saturated heterocycles. The van der Waals surface area contributed by atoms with Gasteiger partial charge in [-0.2, -0.15) is 0 Å². The monoisotopic (exact) mass is 339 g/mol. The number of carbonyl (C=O) groups excluding carboxylic acids is 2. The highest BCUT2D eigenvalue weighted by Crippen LogP contribution is 2.38. The number of Topliss-reactive ketones (excluding diaryl/α,β-unsaturated/α-hetero) is 2. The Morgan fingerprint density at radius 2 is 1.72 bits per heavy atom. The first kappa shape index (κ1) is 17.6. The van der Waals surface area contributed by atoms with Crippen LogP contribution in [0.4, 0.5) is 0 Å². The minimum Gasteiger partial charge on any atom is -0.361 e. The smallest absolute Gasteiger partial charge is 0.151 e. The average molecular weight is 339 g/mol. The second kappa shape index (κ2) is 6.95. The van der Waals surface area contributed by atoms with E-state index in [1.165, 1.54) is 5.56 Å². The van der Waals surface area contributed by atoms with Crippen LogP contribution in [0.5, 0.6) is 0 Å². The van der Waals surface area contributed by atoms with Gasteiger partial charge in [0.05, 0.1) is 5.69 Å². The summed E-state index contributed by atoms with van der Waals surface area (Å²) in [6, 6.07) is 6.07. The molecule has 1 aromatic heterocycles. The maximum atomic E-state index is 13.1. The Morgan fingerprint density at radius 1 is 1.08 bits per heavy atom. The van der Waals surface area contributed by atoms with Crippen LogP contribution in [0.3, 0.4) is 0 Å². The van der Waals surface area contributed by atoms with Gasteiger partial charge < -0.3 is 4.52 Å². The van der Waals surface area contributed by atoms with E-state index >= 15 is 0 Å². The lowest BCUT2D eigenvalue weighted by atomic mass is 9.83. The second-order valence-electron chi connectivity index (χ2n) is 7.04. The van der Waals surface area contributed by atoms with Crippen molar-refractivity contribution in [3.63, 3.8) is 0 Å². The first-order valence-electron chi connectivity index (χ1n) is 9.05. The minimum atomic E-state index is -0.608. The van der Waals surface area contributed by atoms with Gasteiger partial charge in [-0.25, -0.2) is 0 Å². The first-order valence-corrected chi connectivity index (χ1v) is 9.05. The first-order chi connectivity index (χ1) is 11.9. The van der Waals surface area contributed by atoms with Crippen LogP contribution in [0.1, 0.15) is 59.9 Å². The molecule has 2 unspecified atom stereocenters. The van der Waals surface area contributed by atoms with Crippen LogP contribution in [-0.2, 0) is 28.9 Å². The molecule has 1 fully saturated rings. The maximum Gasteiger partial charge on any atom is 0.151 e. The van der Waals surface area contributed by atoms with E-state index in [1.54, 1.807) is 0 Å². The van der Waals surface area contributed by atoms with Gasteiger partial charge in [-0.3, -0.25) is 9.59 Å². The molecule has 1 heterocycles. The summed E-state index contributed by atoms with van der Waals surface area (Å²) in [4.78, 5) is 25.8. The molecule has 1 saturated carbocycles. The summed E-state index contributed by atoms with van der Waals surface area (Å²) >= 11 is 0. The molecule has 0 N–H and O–H groups in total. The number of ketones is 2. The predicted molar refractivity (Wildman–Crippen MR) is 95.7 cm³/mol. The number of carbonyl (C=O) groups is 2. The van der Waals surface area contributed by atoms with Gasteiger partial charge in [0.2, 0.25) is 0 Å². The molecule has 25 heavy (non-hydrogen) atoms. The van der Waals surface area contributed by atoms with Crippen molar-refractivity contribution in [3.05, 3.63) is 51.9 Å². The van der Waals surface area contributed by atoms with Crippen molar-refractivity contribution in [1.29, 1.82) is 0 Å². The normalized spacial score (nSPS) is 20.5. The van der Waals surface area contributed by atoms with Gasteiger partial charge in [-0.05, 0) is 43.4 Å². The Labute approximate surface area is 148 Å². The van der Waals surface area contributed by atoms with Crippen molar-refractivity contribution in [1.82, 2.24) is 5.16 Å². The maximum absolute atomic E-state index is 13.1. The van der Waals surface area contributed by atoms with Gasteiger partial charge in [0.25, 0.3) is 0 Å². The zero-order valence-electron chi connectivity index (χ0n) is 15.4. The molecule has 1 aliphatic rings. The fourth-order valence-electron chi connectivity index (χ4n) is 4.01. The van der Waals surface area contributed by atoms with E-state index in [0.29, 0.717) is 12.8 Å². The van der Waals surface area contributed by atoms with Crippen LogP contribution in [-0.4, -0.2) is 16.7 Å². The van der Waals surface area contributed by atoms with Crippen LogP contribution in [0.15, 0.2) is 22.7 Å². The zero-order valence-corrected chi connectivity index (χ0v) is 15.4. The van der Waals surface area contributed by atoms with Gasteiger partial charge in [0.15, 0.2) is 5.78 Å². The highest BCUT2D eigenvalue weighted by Gasteiger charge is 2.43. The van der Waals surface area contributed by atoms with Crippen LogP contribution in [0, 0.1) is 19.8 Å². The molecule has 132 valence electrons. The summed E-state index contributed by atoms with van der Waals surface area (Å²) in [6.45, 7) is 8.05. The molecular formula is C21H25NO3. The van der Waals surface area contributed by atoms with E-state index in [4.69, 9.17) is 4.52 Å². The third-order valence-corrected chi connectivity index (χ3v) is 5.13. The number of aryl methyl sites for hydroxylation is 4. The van der Waals surface area contributed by atoms with E-state index < -0.39 is 5.92 Å². The molecule has 1 aromatic carbocycles. The summed E-state index contributed by atoms with van der Waals surface area (Å²) in [5, 5.41) is 3.98. The van der Waals surface area contributed by atoms with Gasteiger partial charge in [-0.15, -0.1) is 0 Å². The number of aromatic nitrogens is 1. The Morgan fingerprint density at radius 3 is 2.24 bits per heavy atom. The quantitative estimate of drug-likeness (QED) is 0.775. The van der Waals surface area contributed by atoms with Crippen molar-refractivity contribution < 1.29 is 14.1 Å². The van der Waals surface area contributed by atoms with Crippen molar-refractivity contribution in [3.8, 4) is 0 Å². The summed E-state index contributed by atoms with van der Waals surface area (Å²) in [6.07, 6.45) is 2.44. The SMILES string of the molecule is CCc1cc(C)cc(CC)c1C1C(=O)CC(Cc2cc(C)on2)C1=O. The molecule has 0 amide bonds. The number of nitrogens with zero attached hydrogens (tertiary/aromatic N) is 1. The molecule has 0 radical (unpaired) electrons. The van der Waals surface area contributed by atoms with Crippen LogP contribution >= 0.6 is 0 Å². The predicted octanol–water partition coefficient (Wildman–Crippen LogP) is 3.90. The van der Waals surface area contributed by atoms with Crippen LogP contribution in [0.25, 0.3) is 0 Å². The van der Waals surface area contributed by atoms with Crippen LogP contribution in [0.2, 0.25) is 0 Å². The van der Waals surface area contributed by atoms with E-state index in [9.17, 15) is 9.59 Å². The fourth-order valence-corrected chi connectivity index (χ4v) is 4.01. The number of rotatable bonds is 5. The number of hydrogen-bond donors (Lipinski definition) is 0. The molecular weight excluding hydrogens is 314 g/mol. The summed E-state index contributed by atoms with van der Waals surface area (Å²) < 4.78 is 5.09. The van der Waals surface area contributed by atoms with Gasteiger partial charge in [0.1, 0.15) is 17.5 Å². The molecule has 0 aliphatic heterocycles. The molecule has 0 spiro atoms. The standard InChI is InChI=1S/C21H25NO3/c1-5-14-7-12(3)8-15(6-2)19(14)20-18(23)11-16(21(20)24)10-17-9-13(4)25-22-17/h7-9,16,20H,5-6,10-11H2,1-4H3. The third-order valence-electron chi connectivity index (χ3n) is 5.13. The molecule has 0 bridgehead atoms. The second-order valence-corrected chi connectivity index (χ2v) is 7.04. The molecule has 2 atom stereocenters. The summed E-state index contributed by atoms with van der Waals surface area (Å²) in [5.41, 5.74) is 5.15. The molecule has 1 aliphatic carbocycles. The Hall–Kier alpha value is -2.23. The lowest BCUT2D eigenvalue weighted by Gasteiger charge is -2.19. The van der Waals surface area contributed by atoms with Crippen molar-refractivity contribution in [2.24, 2.45) is 5.92 Å². The largest absolute Gasteiger partial charge is 0.361 e. The molecule has 4 heteroatoms. The lowest BCUT2D eigenvalue weighted by Crippen LogP contribution is -2.20. The fraction of sp³-hybridized carbons (Fsp3) is 0.476. The van der Waals surface area contributed by atoms with Gasteiger partial charge in [0, 0.05) is 24.8 Å². The summed E-state index contributed by atoms with van der Waals surface area (Å²) in [5.74, 6) is -0.0908. The Bertz CT molecular complexity index is 793. The Kier molecular flexibility index (Phi) is 4.89. The zero-order chi connectivity index (χ0) is 18.1. The molecule has 2 aromatic rings. The minimum absolute atomic E-state index is 0.0407. The van der Waals surface area contributed by atoms with E-state index in [2.05, 4.69) is 38.1 Å². The number of benzene rings is 1. The number of hydrogen-bond acceptors (Lipinski definition) is 4. The Balaban J connectivity index is 1.95. The van der Waals surface area contributed by atoms with E-state index in [-0.39, 0.29) is 17.5 Å². The average Bonchev–Trinajstić information content (AvgIpc) is 3.10. The molecule has 3 rings (SSSR count). The third kappa shape index (κ3) is 3.30. The topological polar surface area (TPSA) is 60.2 Å². The van der Waals surface area contributed by atoms with Gasteiger partial charge in [-0.1, -0.05) is 36.7 Å². The molecule has 4 nitrogen and oxygen atoms in total. The van der Waals surface area contributed by atoms with Gasteiger partial charge >= 0.3 is 0 Å². The highest BCUT2D eigenvalue weighted by molar-refractivity contribution is 6.15. The van der Waals surface area contributed by atoms with Crippen molar-refractivity contribution >= 4 is 11.6 Å². The summed E-state index contributed by atoms with van der Waals surface area (Å²) in [7, 11) is 0. The van der Waals surface area contributed by atoms with E-state index in [1.807, 2.05) is 13.0 Å². The van der Waals surface area contributed by atoms with Crippen molar-refractivity contribution in [2.45, 2.75) is 59.3 Å². The van der Waals surface area contributed by atoms with E-state index in [0.717, 1.165) is 41.0 Å². The lowest BCUT2D eigenvalue weighted by molar-refractivity contribution is -0.124. The van der Waals surface area contributed by atoms with Crippen molar-refractivity contribution in [2.75, 3.05) is 0 Å². The van der Waals surface area contributed by atoms with Crippen LogP contribution < -0.4 is 0 Å².